The predicted octanol–water partition coefficient (Wildman–Crippen LogP) is 2.78. The van der Waals surface area contributed by atoms with E-state index < -0.39 is 0 Å². The number of amides is 1. The summed E-state index contributed by atoms with van der Waals surface area (Å²) in [4.78, 5) is 29.4. The van der Waals surface area contributed by atoms with Gasteiger partial charge in [0.15, 0.2) is 0 Å². The highest BCUT2D eigenvalue weighted by molar-refractivity contribution is 8.26. The number of hydrogen-bond acceptors (Lipinski definition) is 6. The molecule has 0 spiro atoms. The summed E-state index contributed by atoms with van der Waals surface area (Å²) >= 11 is 6.47. The second-order valence-electron chi connectivity index (χ2n) is 6.86. The summed E-state index contributed by atoms with van der Waals surface area (Å²) in [6, 6.07) is 2.03. The number of pyridine rings is 1. The number of thiocarbonyl (C=S) groups is 1. The summed E-state index contributed by atoms with van der Waals surface area (Å²) in [6.45, 7) is 3.49. The molecule has 2 fully saturated rings. The van der Waals surface area contributed by atoms with Crippen LogP contribution in [-0.2, 0) is 11.8 Å². The Kier molecular flexibility index (Phi) is 5.72. The van der Waals surface area contributed by atoms with Crippen molar-refractivity contribution in [2.75, 3.05) is 25.0 Å². The minimum Gasteiger partial charge on any atom is -0.357 e. The molecule has 142 valence electrons. The zero-order valence-corrected chi connectivity index (χ0v) is 17.4. The van der Waals surface area contributed by atoms with Gasteiger partial charge in [-0.25, -0.2) is 0 Å². The van der Waals surface area contributed by atoms with Crippen molar-refractivity contribution in [1.82, 2.24) is 9.47 Å². The molecule has 1 aromatic rings. The SMILES string of the molecule is Cc1c(C=C2SC(=S)N(C)C2=O)c(N2CCCCCC2)n(C)c(=O)c1C#N. The number of rotatable bonds is 2. The summed E-state index contributed by atoms with van der Waals surface area (Å²) in [7, 11) is 3.35. The normalized spacial score (nSPS) is 19.6. The van der Waals surface area contributed by atoms with Gasteiger partial charge in [-0.05, 0) is 31.4 Å². The van der Waals surface area contributed by atoms with Crippen molar-refractivity contribution in [1.29, 1.82) is 5.26 Å². The third kappa shape index (κ3) is 3.54. The van der Waals surface area contributed by atoms with Crippen LogP contribution in [0.5, 0.6) is 0 Å². The van der Waals surface area contributed by atoms with Gasteiger partial charge in [0.1, 0.15) is 21.8 Å². The van der Waals surface area contributed by atoms with Crippen LogP contribution in [0.25, 0.3) is 6.08 Å². The number of likely N-dealkylation sites (N-methyl/N-ethyl adjacent to an activating group) is 1. The molecule has 27 heavy (non-hydrogen) atoms. The van der Waals surface area contributed by atoms with E-state index in [1.165, 1.54) is 29.5 Å². The third-order valence-corrected chi connectivity index (χ3v) is 6.62. The lowest BCUT2D eigenvalue weighted by Crippen LogP contribution is -2.34. The van der Waals surface area contributed by atoms with E-state index >= 15 is 0 Å². The molecule has 0 bridgehead atoms. The van der Waals surface area contributed by atoms with E-state index in [0.717, 1.165) is 37.3 Å². The van der Waals surface area contributed by atoms with Crippen molar-refractivity contribution in [3.63, 3.8) is 0 Å². The van der Waals surface area contributed by atoms with Gasteiger partial charge in [-0.3, -0.25) is 19.1 Å². The second kappa shape index (κ2) is 7.87. The lowest BCUT2D eigenvalue weighted by molar-refractivity contribution is -0.121. The third-order valence-electron chi connectivity index (χ3n) is 5.14. The number of carbonyl (C=O) groups excluding carboxylic acids is 1. The van der Waals surface area contributed by atoms with Crippen LogP contribution in [0, 0.1) is 18.3 Å². The average molecular weight is 403 g/mol. The van der Waals surface area contributed by atoms with Gasteiger partial charge in [0.2, 0.25) is 0 Å². The first-order valence-corrected chi connectivity index (χ1v) is 10.2. The summed E-state index contributed by atoms with van der Waals surface area (Å²) in [6.07, 6.45) is 6.25. The highest BCUT2D eigenvalue weighted by Crippen LogP contribution is 2.35. The van der Waals surface area contributed by atoms with E-state index in [9.17, 15) is 14.9 Å². The van der Waals surface area contributed by atoms with Gasteiger partial charge in [-0.1, -0.05) is 36.8 Å². The number of carbonyl (C=O) groups is 1. The fraction of sp³-hybridized carbons (Fsp3) is 0.474. The van der Waals surface area contributed by atoms with Crippen LogP contribution in [-0.4, -0.2) is 39.8 Å². The minimum atomic E-state index is -0.297. The molecule has 8 heteroatoms. The highest BCUT2D eigenvalue weighted by Gasteiger charge is 2.30. The van der Waals surface area contributed by atoms with Crippen molar-refractivity contribution < 1.29 is 4.79 Å². The van der Waals surface area contributed by atoms with Crippen LogP contribution in [0.3, 0.4) is 0 Å². The molecule has 0 aliphatic carbocycles. The number of aromatic nitrogens is 1. The molecule has 2 aliphatic heterocycles. The van der Waals surface area contributed by atoms with Crippen LogP contribution in [0.15, 0.2) is 9.70 Å². The van der Waals surface area contributed by atoms with Crippen LogP contribution >= 0.6 is 24.0 Å². The van der Waals surface area contributed by atoms with Crippen molar-refractivity contribution >= 4 is 46.1 Å². The monoisotopic (exact) mass is 402 g/mol. The zero-order valence-electron chi connectivity index (χ0n) is 15.7. The molecule has 0 saturated carbocycles. The molecule has 0 atom stereocenters. The van der Waals surface area contributed by atoms with E-state index in [1.54, 1.807) is 31.7 Å². The molecule has 0 N–H and O–H groups in total. The highest BCUT2D eigenvalue weighted by atomic mass is 32.2. The van der Waals surface area contributed by atoms with Gasteiger partial charge in [0.25, 0.3) is 11.5 Å². The second-order valence-corrected chi connectivity index (χ2v) is 8.53. The maximum Gasteiger partial charge on any atom is 0.270 e. The average Bonchev–Trinajstić information content (AvgIpc) is 2.85. The molecule has 2 saturated heterocycles. The fourth-order valence-electron chi connectivity index (χ4n) is 3.55. The Hall–Kier alpha value is -2.11. The number of nitrogens with zero attached hydrogens (tertiary/aromatic N) is 4. The van der Waals surface area contributed by atoms with Crippen molar-refractivity contribution in [2.24, 2.45) is 7.05 Å². The summed E-state index contributed by atoms with van der Waals surface area (Å²) in [5.74, 6) is 0.623. The van der Waals surface area contributed by atoms with Crippen molar-refractivity contribution in [2.45, 2.75) is 32.6 Å². The minimum absolute atomic E-state index is 0.120. The Balaban J connectivity index is 2.23. The van der Waals surface area contributed by atoms with E-state index in [0.29, 0.717) is 14.8 Å². The summed E-state index contributed by atoms with van der Waals surface area (Å²) in [5, 5.41) is 9.49. The Morgan fingerprint density at radius 3 is 2.30 bits per heavy atom. The Labute approximate surface area is 168 Å². The van der Waals surface area contributed by atoms with Gasteiger partial charge < -0.3 is 4.90 Å². The number of nitriles is 1. The van der Waals surface area contributed by atoms with Crippen LogP contribution in [0.4, 0.5) is 5.82 Å². The molecule has 2 aliphatic rings. The first-order valence-electron chi connectivity index (χ1n) is 8.97. The molecule has 6 nitrogen and oxygen atoms in total. The van der Waals surface area contributed by atoms with E-state index in [4.69, 9.17) is 12.2 Å². The van der Waals surface area contributed by atoms with E-state index in [-0.39, 0.29) is 17.0 Å². The van der Waals surface area contributed by atoms with Gasteiger partial charge in [0, 0.05) is 32.7 Å². The van der Waals surface area contributed by atoms with Crippen molar-refractivity contribution in [3.05, 3.63) is 31.9 Å². The lowest BCUT2D eigenvalue weighted by atomic mass is 10.0. The van der Waals surface area contributed by atoms with E-state index in [1.807, 2.05) is 6.07 Å². The van der Waals surface area contributed by atoms with Gasteiger partial charge >= 0.3 is 0 Å². The largest absolute Gasteiger partial charge is 0.357 e. The lowest BCUT2D eigenvalue weighted by Gasteiger charge is -2.28. The molecule has 3 heterocycles. The van der Waals surface area contributed by atoms with Gasteiger partial charge in [0.05, 0.1) is 4.91 Å². The zero-order chi connectivity index (χ0) is 19.7. The van der Waals surface area contributed by atoms with E-state index in [2.05, 4.69) is 4.90 Å². The standard InChI is InChI=1S/C19H22N4O2S2/c1-12-13(10-15-18(25)22(3)19(26)27-15)16(21(2)17(24)14(12)11-20)23-8-6-4-5-7-9-23/h10H,4-9H2,1-3H3. The van der Waals surface area contributed by atoms with Gasteiger partial charge in [-0.15, -0.1) is 0 Å². The first kappa shape index (κ1) is 19.6. The van der Waals surface area contributed by atoms with Gasteiger partial charge in [-0.2, -0.15) is 5.26 Å². The molecule has 3 rings (SSSR count). The Bertz CT molecular complexity index is 934. The molecular formula is C19H22N4O2S2. The maximum atomic E-state index is 12.7. The van der Waals surface area contributed by atoms with Crippen LogP contribution in [0.2, 0.25) is 0 Å². The Morgan fingerprint density at radius 1 is 1.15 bits per heavy atom. The predicted molar refractivity (Wildman–Crippen MR) is 113 cm³/mol. The molecular weight excluding hydrogens is 380 g/mol. The van der Waals surface area contributed by atoms with Crippen LogP contribution < -0.4 is 10.5 Å². The molecule has 0 radical (unpaired) electrons. The van der Waals surface area contributed by atoms with Crippen LogP contribution in [0.1, 0.15) is 42.4 Å². The summed E-state index contributed by atoms with van der Waals surface area (Å²) in [5.41, 5.74) is 1.19. The van der Waals surface area contributed by atoms with Crippen molar-refractivity contribution in [3.8, 4) is 6.07 Å². The molecule has 1 aromatic heterocycles. The molecule has 0 unspecified atom stereocenters. The number of hydrogen-bond donors (Lipinski definition) is 0. The number of thioether (sulfide) groups is 1. The first-order chi connectivity index (χ1) is 12.9. The maximum absolute atomic E-state index is 12.7. The quantitative estimate of drug-likeness (QED) is 0.560. The summed E-state index contributed by atoms with van der Waals surface area (Å²) < 4.78 is 2.06. The topological polar surface area (TPSA) is 69.3 Å². The molecule has 0 aromatic carbocycles. The number of anilines is 1. The fourth-order valence-corrected chi connectivity index (χ4v) is 4.71. The Morgan fingerprint density at radius 2 is 1.78 bits per heavy atom. The molecule has 1 amide bonds. The smallest absolute Gasteiger partial charge is 0.270 e.